The summed E-state index contributed by atoms with van der Waals surface area (Å²) in [6.45, 7) is 11.4. The Labute approximate surface area is 154 Å². The Hall–Kier alpha value is -1.73. The minimum Gasteiger partial charge on any atom is -0.354 e. The average molecular weight is 361 g/mol. The Balaban J connectivity index is 1.67. The molecule has 0 amide bonds. The number of hydrogen-bond acceptors (Lipinski definition) is 7. The summed E-state index contributed by atoms with van der Waals surface area (Å²) in [6.07, 6.45) is 0. The zero-order valence-corrected chi connectivity index (χ0v) is 16.7. The van der Waals surface area contributed by atoms with Crippen LogP contribution in [0.5, 0.6) is 0 Å². The minimum atomic E-state index is 0.398. The second kappa shape index (κ2) is 7.66. The Morgan fingerprint density at radius 1 is 1.12 bits per heavy atom. The smallest absolute Gasteiger partial charge is 0.227 e. The second-order valence-corrected chi connectivity index (χ2v) is 8.18. The van der Waals surface area contributed by atoms with Crippen LogP contribution in [0.3, 0.4) is 0 Å². The summed E-state index contributed by atoms with van der Waals surface area (Å²) in [5, 5.41) is 3.32. The highest BCUT2D eigenvalue weighted by Gasteiger charge is 2.21. The second-order valence-electron chi connectivity index (χ2n) is 7.12. The van der Waals surface area contributed by atoms with Crippen molar-refractivity contribution in [3.63, 3.8) is 0 Å². The number of piperazine rings is 1. The SMILES string of the molecule is Cc1nc(CN2CCN(c3cc(C(C)C)nc(N(C)C)n3)CC2)cs1. The maximum absolute atomic E-state index is 4.76. The van der Waals surface area contributed by atoms with Crippen LogP contribution in [0.15, 0.2) is 11.4 Å². The van der Waals surface area contributed by atoms with Crippen molar-refractivity contribution in [2.24, 2.45) is 0 Å². The van der Waals surface area contributed by atoms with E-state index in [9.17, 15) is 0 Å². The maximum atomic E-state index is 4.76. The molecule has 2 aromatic rings. The van der Waals surface area contributed by atoms with E-state index in [4.69, 9.17) is 4.98 Å². The van der Waals surface area contributed by atoms with E-state index in [1.807, 2.05) is 19.0 Å². The quantitative estimate of drug-likeness (QED) is 0.817. The first-order chi connectivity index (χ1) is 11.9. The molecule has 0 bridgehead atoms. The van der Waals surface area contributed by atoms with Crippen LogP contribution < -0.4 is 9.80 Å². The Bertz CT molecular complexity index is 677. The molecule has 0 radical (unpaired) electrons. The molecular formula is C18H28N6S. The lowest BCUT2D eigenvalue weighted by Crippen LogP contribution is -2.46. The van der Waals surface area contributed by atoms with Crippen LogP contribution in [0.4, 0.5) is 11.8 Å². The van der Waals surface area contributed by atoms with Gasteiger partial charge in [0.25, 0.3) is 0 Å². The zero-order valence-electron chi connectivity index (χ0n) is 15.9. The van der Waals surface area contributed by atoms with Gasteiger partial charge in [-0.25, -0.2) is 9.97 Å². The van der Waals surface area contributed by atoms with E-state index in [2.05, 4.69) is 52.0 Å². The third-order valence-corrected chi connectivity index (χ3v) is 5.28. The monoisotopic (exact) mass is 360 g/mol. The number of anilines is 2. The molecule has 1 aliphatic heterocycles. The molecule has 3 heterocycles. The highest BCUT2D eigenvalue weighted by atomic mass is 32.1. The van der Waals surface area contributed by atoms with Crippen LogP contribution in [0, 0.1) is 6.92 Å². The van der Waals surface area contributed by atoms with Crippen molar-refractivity contribution in [1.82, 2.24) is 19.9 Å². The normalized spacial score (nSPS) is 15.8. The fourth-order valence-corrected chi connectivity index (χ4v) is 3.55. The fourth-order valence-electron chi connectivity index (χ4n) is 2.94. The lowest BCUT2D eigenvalue weighted by Gasteiger charge is -2.35. The first-order valence-electron chi connectivity index (χ1n) is 8.87. The number of nitrogens with zero attached hydrogens (tertiary/aromatic N) is 6. The van der Waals surface area contributed by atoms with Crippen LogP contribution in [0.2, 0.25) is 0 Å². The molecule has 0 saturated carbocycles. The van der Waals surface area contributed by atoms with Gasteiger partial charge < -0.3 is 9.80 Å². The molecule has 7 heteroatoms. The molecule has 25 heavy (non-hydrogen) atoms. The Morgan fingerprint density at radius 2 is 1.84 bits per heavy atom. The standard InChI is InChI=1S/C18H28N6S/c1-13(2)16-10-17(21-18(20-16)22(4)5)24-8-6-23(7-9-24)11-15-12-25-14(3)19-15/h10,12-13H,6-9,11H2,1-5H3. The predicted molar refractivity (Wildman–Crippen MR) is 105 cm³/mol. The summed E-state index contributed by atoms with van der Waals surface area (Å²) in [4.78, 5) is 20.9. The van der Waals surface area contributed by atoms with Crippen molar-refractivity contribution < 1.29 is 0 Å². The van der Waals surface area contributed by atoms with Gasteiger partial charge in [0.1, 0.15) is 5.82 Å². The van der Waals surface area contributed by atoms with Gasteiger partial charge in [0.2, 0.25) is 5.95 Å². The molecule has 0 aliphatic carbocycles. The highest BCUT2D eigenvalue weighted by Crippen LogP contribution is 2.23. The first-order valence-corrected chi connectivity index (χ1v) is 9.75. The average Bonchev–Trinajstić information content (AvgIpc) is 3.00. The van der Waals surface area contributed by atoms with E-state index < -0.39 is 0 Å². The number of aromatic nitrogens is 3. The number of hydrogen-bond donors (Lipinski definition) is 0. The molecule has 1 aliphatic rings. The number of rotatable bonds is 5. The van der Waals surface area contributed by atoms with E-state index in [1.54, 1.807) is 11.3 Å². The van der Waals surface area contributed by atoms with E-state index in [1.165, 1.54) is 5.69 Å². The van der Waals surface area contributed by atoms with Crippen LogP contribution in [0.1, 0.15) is 36.2 Å². The van der Waals surface area contributed by atoms with Gasteiger partial charge >= 0.3 is 0 Å². The highest BCUT2D eigenvalue weighted by molar-refractivity contribution is 7.09. The largest absolute Gasteiger partial charge is 0.354 e. The van der Waals surface area contributed by atoms with Gasteiger partial charge in [-0.05, 0) is 12.8 Å². The molecule has 1 fully saturated rings. The molecule has 0 spiro atoms. The van der Waals surface area contributed by atoms with Gasteiger partial charge in [-0.15, -0.1) is 11.3 Å². The Kier molecular flexibility index (Phi) is 5.54. The van der Waals surface area contributed by atoms with E-state index in [-0.39, 0.29) is 0 Å². The van der Waals surface area contributed by atoms with Gasteiger partial charge in [0.15, 0.2) is 0 Å². The van der Waals surface area contributed by atoms with Gasteiger partial charge in [0.05, 0.1) is 16.4 Å². The minimum absolute atomic E-state index is 0.398. The van der Waals surface area contributed by atoms with Crippen molar-refractivity contribution in [2.75, 3.05) is 50.1 Å². The van der Waals surface area contributed by atoms with Gasteiger partial charge in [-0.2, -0.15) is 4.98 Å². The van der Waals surface area contributed by atoms with Crippen LogP contribution in [-0.4, -0.2) is 60.1 Å². The molecule has 1 saturated heterocycles. The molecule has 0 atom stereocenters. The lowest BCUT2D eigenvalue weighted by molar-refractivity contribution is 0.247. The molecule has 3 rings (SSSR count). The maximum Gasteiger partial charge on any atom is 0.227 e. The van der Waals surface area contributed by atoms with E-state index in [0.717, 1.165) is 55.2 Å². The molecule has 6 nitrogen and oxygen atoms in total. The van der Waals surface area contributed by atoms with Crippen molar-refractivity contribution in [1.29, 1.82) is 0 Å². The zero-order chi connectivity index (χ0) is 18.0. The van der Waals surface area contributed by atoms with E-state index in [0.29, 0.717) is 5.92 Å². The summed E-state index contributed by atoms with van der Waals surface area (Å²) in [7, 11) is 3.99. The van der Waals surface area contributed by atoms with Gasteiger partial charge in [-0.3, -0.25) is 4.90 Å². The summed E-state index contributed by atoms with van der Waals surface area (Å²) < 4.78 is 0. The predicted octanol–water partition coefficient (Wildman–Crippen LogP) is 2.75. The lowest BCUT2D eigenvalue weighted by atomic mass is 10.1. The molecule has 2 aromatic heterocycles. The van der Waals surface area contributed by atoms with Gasteiger partial charge in [-0.1, -0.05) is 13.8 Å². The van der Waals surface area contributed by atoms with Crippen LogP contribution >= 0.6 is 11.3 Å². The molecular weight excluding hydrogens is 332 g/mol. The van der Waals surface area contributed by atoms with Crippen molar-refractivity contribution in [2.45, 2.75) is 33.2 Å². The Morgan fingerprint density at radius 3 is 2.40 bits per heavy atom. The third-order valence-electron chi connectivity index (χ3n) is 4.46. The summed E-state index contributed by atoms with van der Waals surface area (Å²) >= 11 is 1.73. The topological polar surface area (TPSA) is 48.4 Å². The van der Waals surface area contributed by atoms with Crippen molar-refractivity contribution in [3.8, 4) is 0 Å². The molecule has 0 N–H and O–H groups in total. The summed E-state index contributed by atoms with van der Waals surface area (Å²) in [6, 6.07) is 2.15. The van der Waals surface area contributed by atoms with Crippen LogP contribution in [-0.2, 0) is 6.54 Å². The summed E-state index contributed by atoms with van der Waals surface area (Å²) in [5.41, 5.74) is 2.30. The molecule has 136 valence electrons. The third kappa shape index (κ3) is 4.46. The number of aryl methyl sites for hydroxylation is 1. The summed E-state index contributed by atoms with van der Waals surface area (Å²) in [5.74, 6) is 2.24. The van der Waals surface area contributed by atoms with Crippen LogP contribution in [0.25, 0.3) is 0 Å². The van der Waals surface area contributed by atoms with Crippen molar-refractivity contribution in [3.05, 3.63) is 27.8 Å². The molecule has 0 aromatic carbocycles. The fraction of sp³-hybridized carbons (Fsp3) is 0.611. The van der Waals surface area contributed by atoms with Gasteiger partial charge in [0, 0.05) is 58.3 Å². The van der Waals surface area contributed by atoms with Crippen molar-refractivity contribution >= 4 is 23.1 Å². The van der Waals surface area contributed by atoms with E-state index >= 15 is 0 Å². The first kappa shape index (κ1) is 18.1. The molecule has 0 unspecified atom stereocenters. The number of thiazole rings is 1.